The van der Waals surface area contributed by atoms with Gasteiger partial charge in [0.15, 0.2) is 0 Å². The second kappa shape index (κ2) is 6.45. The van der Waals surface area contributed by atoms with E-state index in [1.54, 1.807) is 0 Å². The summed E-state index contributed by atoms with van der Waals surface area (Å²) in [4.78, 5) is 0. The predicted octanol–water partition coefficient (Wildman–Crippen LogP) is 2.85. The molecule has 0 spiro atoms. The van der Waals surface area contributed by atoms with Gasteiger partial charge in [0.1, 0.15) is 11.6 Å². The molecule has 18 heavy (non-hydrogen) atoms. The zero-order valence-electron chi connectivity index (χ0n) is 10.1. The molecule has 0 saturated heterocycles. The fraction of sp³-hybridized carbons (Fsp3) is 0.538. The molecule has 0 unspecified atom stereocenters. The van der Waals surface area contributed by atoms with Crippen molar-refractivity contribution in [3.05, 3.63) is 34.4 Å². The predicted molar refractivity (Wildman–Crippen MR) is 68.7 cm³/mol. The first-order chi connectivity index (χ1) is 8.66. The van der Waals surface area contributed by atoms with Crippen LogP contribution in [0.1, 0.15) is 24.8 Å². The van der Waals surface area contributed by atoms with Crippen molar-refractivity contribution >= 4 is 11.6 Å². The molecule has 1 aliphatic carbocycles. The largest absolute Gasteiger partial charge is 0.314 e. The molecule has 0 bridgehead atoms. The second-order valence-corrected chi connectivity index (χ2v) is 5.02. The van der Waals surface area contributed by atoms with Crippen LogP contribution >= 0.6 is 11.6 Å². The molecule has 100 valence electrons. The van der Waals surface area contributed by atoms with E-state index in [0.717, 1.165) is 31.6 Å². The van der Waals surface area contributed by atoms with Crippen molar-refractivity contribution in [2.75, 3.05) is 13.1 Å². The van der Waals surface area contributed by atoms with Gasteiger partial charge in [-0.15, -0.1) is 0 Å². The normalized spacial score (nSPS) is 15.1. The zero-order chi connectivity index (χ0) is 13.0. The van der Waals surface area contributed by atoms with E-state index in [2.05, 4.69) is 10.6 Å². The van der Waals surface area contributed by atoms with Gasteiger partial charge in [0, 0.05) is 18.2 Å². The Hall–Kier alpha value is -0.710. The van der Waals surface area contributed by atoms with E-state index in [1.165, 1.54) is 12.8 Å². The van der Waals surface area contributed by atoms with Gasteiger partial charge in [-0.25, -0.2) is 8.78 Å². The van der Waals surface area contributed by atoms with Crippen molar-refractivity contribution in [1.29, 1.82) is 0 Å². The summed E-state index contributed by atoms with van der Waals surface area (Å²) in [6.45, 7) is 2.07. The summed E-state index contributed by atoms with van der Waals surface area (Å²) in [5.74, 6) is -1.05. The van der Waals surface area contributed by atoms with Gasteiger partial charge in [-0.1, -0.05) is 11.6 Å². The molecule has 2 rings (SSSR count). The average Bonchev–Trinajstić information content (AvgIpc) is 3.13. The number of hydrogen-bond acceptors (Lipinski definition) is 2. The standard InChI is InChI=1S/C13H17ClF2N2/c14-11-7-12(15)9(6-13(11)16)8-17-4-1-5-18-10-2-3-10/h6-7,10,17-18H,1-5,8H2. The molecule has 1 aliphatic rings. The minimum atomic E-state index is -0.578. The van der Waals surface area contributed by atoms with Crippen LogP contribution in [0.5, 0.6) is 0 Å². The van der Waals surface area contributed by atoms with E-state index < -0.39 is 11.6 Å². The molecular formula is C13H17ClF2N2. The Labute approximate surface area is 111 Å². The van der Waals surface area contributed by atoms with E-state index >= 15 is 0 Å². The summed E-state index contributed by atoms with van der Waals surface area (Å²) in [5, 5.41) is 6.31. The van der Waals surface area contributed by atoms with Gasteiger partial charge in [0.05, 0.1) is 5.02 Å². The maximum absolute atomic E-state index is 13.4. The number of hydrogen-bond donors (Lipinski definition) is 2. The Bertz CT molecular complexity index is 408. The highest BCUT2D eigenvalue weighted by atomic mass is 35.5. The number of nitrogens with one attached hydrogen (secondary N) is 2. The van der Waals surface area contributed by atoms with E-state index in [9.17, 15) is 8.78 Å². The third-order valence-corrected chi connectivity index (χ3v) is 3.24. The highest BCUT2D eigenvalue weighted by molar-refractivity contribution is 6.30. The van der Waals surface area contributed by atoms with Crippen LogP contribution in [0, 0.1) is 11.6 Å². The van der Waals surface area contributed by atoms with Gasteiger partial charge in [0.2, 0.25) is 0 Å². The molecule has 0 aromatic heterocycles. The van der Waals surface area contributed by atoms with Crippen molar-refractivity contribution in [1.82, 2.24) is 10.6 Å². The van der Waals surface area contributed by atoms with Crippen LogP contribution in [0.2, 0.25) is 5.02 Å². The molecule has 1 aromatic carbocycles. The highest BCUT2D eigenvalue weighted by Crippen LogP contribution is 2.19. The average molecular weight is 275 g/mol. The third-order valence-electron chi connectivity index (χ3n) is 2.95. The first kappa shape index (κ1) is 13.7. The topological polar surface area (TPSA) is 24.1 Å². The molecular weight excluding hydrogens is 258 g/mol. The van der Waals surface area contributed by atoms with Gasteiger partial charge in [0.25, 0.3) is 0 Å². The van der Waals surface area contributed by atoms with Crippen molar-refractivity contribution < 1.29 is 8.78 Å². The summed E-state index contributed by atoms with van der Waals surface area (Å²) < 4.78 is 26.6. The Kier molecular flexibility index (Phi) is 4.92. The lowest BCUT2D eigenvalue weighted by atomic mass is 10.2. The smallest absolute Gasteiger partial charge is 0.142 e. The summed E-state index contributed by atoms with van der Waals surface area (Å²) >= 11 is 5.48. The Morgan fingerprint density at radius 2 is 1.94 bits per heavy atom. The maximum atomic E-state index is 13.4. The van der Waals surface area contributed by atoms with E-state index in [4.69, 9.17) is 11.6 Å². The van der Waals surface area contributed by atoms with Gasteiger partial charge in [-0.05, 0) is 44.5 Å². The van der Waals surface area contributed by atoms with Crippen LogP contribution in [0.25, 0.3) is 0 Å². The van der Waals surface area contributed by atoms with Crippen molar-refractivity contribution in [3.63, 3.8) is 0 Å². The van der Waals surface area contributed by atoms with Gasteiger partial charge < -0.3 is 10.6 Å². The van der Waals surface area contributed by atoms with E-state index in [0.29, 0.717) is 18.2 Å². The molecule has 0 radical (unpaired) electrons. The highest BCUT2D eigenvalue weighted by Gasteiger charge is 2.19. The molecule has 5 heteroatoms. The second-order valence-electron chi connectivity index (χ2n) is 4.62. The van der Waals surface area contributed by atoms with Crippen molar-refractivity contribution in [2.24, 2.45) is 0 Å². The molecule has 2 N–H and O–H groups in total. The minimum absolute atomic E-state index is 0.176. The maximum Gasteiger partial charge on any atom is 0.142 e. The van der Waals surface area contributed by atoms with Gasteiger partial charge >= 0.3 is 0 Å². The lowest BCUT2D eigenvalue weighted by Gasteiger charge is -2.07. The lowest BCUT2D eigenvalue weighted by molar-refractivity contribution is 0.556. The van der Waals surface area contributed by atoms with Crippen molar-refractivity contribution in [2.45, 2.75) is 31.8 Å². The van der Waals surface area contributed by atoms with Crippen LogP contribution in [0.15, 0.2) is 12.1 Å². The lowest BCUT2D eigenvalue weighted by Crippen LogP contribution is -2.23. The summed E-state index contributed by atoms with van der Waals surface area (Å²) in [6.07, 6.45) is 3.54. The van der Waals surface area contributed by atoms with E-state index in [1.807, 2.05) is 0 Å². The molecule has 2 nitrogen and oxygen atoms in total. The Balaban J connectivity index is 1.67. The monoisotopic (exact) mass is 274 g/mol. The number of rotatable bonds is 7. The fourth-order valence-electron chi connectivity index (χ4n) is 1.73. The Morgan fingerprint density at radius 1 is 1.17 bits per heavy atom. The summed E-state index contributed by atoms with van der Waals surface area (Å²) in [6, 6.07) is 2.88. The molecule has 0 amide bonds. The van der Waals surface area contributed by atoms with Crippen LogP contribution < -0.4 is 10.6 Å². The first-order valence-electron chi connectivity index (χ1n) is 6.24. The quantitative estimate of drug-likeness (QED) is 0.590. The number of halogens is 3. The minimum Gasteiger partial charge on any atom is -0.314 e. The zero-order valence-corrected chi connectivity index (χ0v) is 10.9. The molecule has 0 atom stereocenters. The van der Waals surface area contributed by atoms with Crippen LogP contribution in [0.4, 0.5) is 8.78 Å². The van der Waals surface area contributed by atoms with Crippen LogP contribution in [-0.2, 0) is 6.54 Å². The molecule has 1 fully saturated rings. The summed E-state index contributed by atoms with van der Waals surface area (Å²) in [7, 11) is 0. The SMILES string of the molecule is Fc1cc(CNCCCNC2CC2)c(F)cc1Cl. The van der Waals surface area contributed by atoms with Crippen LogP contribution in [-0.4, -0.2) is 19.1 Å². The molecule has 1 aromatic rings. The molecule has 1 saturated carbocycles. The van der Waals surface area contributed by atoms with Gasteiger partial charge in [-0.2, -0.15) is 0 Å². The Morgan fingerprint density at radius 3 is 2.67 bits per heavy atom. The molecule has 0 aliphatic heterocycles. The first-order valence-corrected chi connectivity index (χ1v) is 6.62. The molecule has 0 heterocycles. The fourth-order valence-corrected chi connectivity index (χ4v) is 1.88. The summed E-state index contributed by atoms with van der Waals surface area (Å²) in [5.41, 5.74) is 0.312. The third kappa shape index (κ3) is 4.19. The van der Waals surface area contributed by atoms with Gasteiger partial charge in [-0.3, -0.25) is 0 Å². The van der Waals surface area contributed by atoms with Crippen LogP contribution in [0.3, 0.4) is 0 Å². The van der Waals surface area contributed by atoms with E-state index in [-0.39, 0.29) is 5.02 Å². The van der Waals surface area contributed by atoms with Crippen molar-refractivity contribution in [3.8, 4) is 0 Å². The number of benzene rings is 1.